The lowest BCUT2D eigenvalue weighted by Crippen LogP contribution is -2.09. The van der Waals surface area contributed by atoms with E-state index in [1.807, 2.05) is 72.8 Å². The number of hydrogen-bond acceptors (Lipinski definition) is 4. The summed E-state index contributed by atoms with van der Waals surface area (Å²) in [5.41, 5.74) is 4.41. The van der Waals surface area contributed by atoms with Crippen LogP contribution in [0.4, 0.5) is 0 Å². The molecule has 0 fully saturated rings. The second-order valence-electron chi connectivity index (χ2n) is 6.16. The molecule has 5 nitrogen and oxygen atoms in total. The van der Waals surface area contributed by atoms with Crippen molar-refractivity contribution in [1.82, 2.24) is 4.98 Å². The average Bonchev–Trinajstić information content (AvgIpc) is 3.23. The van der Waals surface area contributed by atoms with Crippen molar-refractivity contribution < 1.29 is 19.1 Å². The molecule has 0 saturated heterocycles. The second kappa shape index (κ2) is 7.80. The van der Waals surface area contributed by atoms with E-state index in [9.17, 15) is 4.79 Å². The molecule has 4 aromatic rings. The quantitative estimate of drug-likeness (QED) is 0.508. The van der Waals surface area contributed by atoms with Gasteiger partial charge in [0.2, 0.25) is 5.89 Å². The fourth-order valence-electron chi connectivity index (χ4n) is 2.96. The minimum Gasteiger partial charge on any atom is -0.482 e. The van der Waals surface area contributed by atoms with E-state index >= 15 is 0 Å². The summed E-state index contributed by atoms with van der Waals surface area (Å²) in [6.07, 6.45) is 1.65. The molecule has 4 rings (SSSR count). The van der Waals surface area contributed by atoms with Gasteiger partial charge in [0.25, 0.3) is 0 Å². The van der Waals surface area contributed by atoms with Gasteiger partial charge in [0.15, 0.2) is 6.61 Å². The molecule has 1 heterocycles. The van der Waals surface area contributed by atoms with Crippen LogP contribution in [0.3, 0.4) is 0 Å². The number of benzene rings is 3. The lowest BCUT2D eigenvalue weighted by molar-refractivity contribution is -0.139. The highest BCUT2D eigenvalue weighted by Crippen LogP contribution is 2.34. The molecule has 3 aromatic carbocycles. The zero-order chi connectivity index (χ0) is 19.3. The van der Waals surface area contributed by atoms with Crippen LogP contribution in [0.25, 0.3) is 33.8 Å². The standard InChI is InChI=1S/C23H17NO4/c25-22(26)15-27-18-10-6-9-17(13-18)19-11-4-5-12-20(19)23-24-21(14-28-23)16-7-2-1-3-8-16/h1-14H,15H2,(H,25,26). The van der Waals surface area contributed by atoms with E-state index in [0.717, 1.165) is 27.9 Å². The zero-order valence-corrected chi connectivity index (χ0v) is 14.9. The predicted octanol–water partition coefficient (Wildman–Crippen LogP) is 5.14. The minimum atomic E-state index is -1.01. The highest BCUT2D eigenvalue weighted by Gasteiger charge is 2.14. The second-order valence-corrected chi connectivity index (χ2v) is 6.16. The molecule has 28 heavy (non-hydrogen) atoms. The Morgan fingerprint density at radius 2 is 1.61 bits per heavy atom. The van der Waals surface area contributed by atoms with Crippen LogP contribution in [-0.2, 0) is 4.79 Å². The monoisotopic (exact) mass is 371 g/mol. The number of aromatic nitrogens is 1. The van der Waals surface area contributed by atoms with E-state index in [1.165, 1.54) is 0 Å². The third-order valence-electron chi connectivity index (χ3n) is 4.24. The van der Waals surface area contributed by atoms with Gasteiger partial charge in [0, 0.05) is 11.1 Å². The molecule has 0 bridgehead atoms. The topological polar surface area (TPSA) is 72.6 Å². The third-order valence-corrected chi connectivity index (χ3v) is 4.24. The molecule has 0 amide bonds. The SMILES string of the molecule is O=C(O)COc1cccc(-c2ccccc2-c2nc(-c3ccccc3)co2)c1. The first-order valence-corrected chi connectivity index (χ1v) is 8.76. The number of hydrogen-bond donors (Lipinski definition) is 1. The van der Waals surface area contributed by atoms with Gasteiger partial charge in [-0.1, -0.05) is 60.7 Å². The molecule has 0 saturated carbocycles. The number of carbonyl (C=O) groups is 1. The van der Waals surface area contributed by atoms with E-state index < -0.39 is 5.97 Å². The summed E-state index contributed by atoms with van der Waals surface area (Å²) in [6.45, 7) is -0.384. The molecule has 0 aliphatic rings. The number of rotatable bonds is 6. The first-order chi connectivity index (χ1) is 13.7. The Morgan fingerprint density at radius 3 is 2.39 bits per heavy atom. The van der Waals surface area contributed by atoms with Gasteiger partial charge in [0.05, 0.1) is 0 Å². The number of ether oxygens (including phenoxy) is 1. The van der Waals surface area contributed by atoms with Gasteiger partial charge in [-0.25, -0.2) is 9.78 Å². The number of carboxylic acid groups (broad SMARTS) is 1. The zero-order valence-electron chi connectivity index (χ0n) is 14.9. The van der Waals surface area contributed by atoms with Crippen molar-refractivity contribution in [3.05, 3.63) is 85.1 Å². The van der Waals surface area contributed by atoms with Gasteiger partial charge in [-0.3, -0.25) is 0 Å². The summed E-state index contributed by atoms with van der Waals surface area (Å²) < 4.78 is 11.1. The van der Waals surface area contributed by atoms with Crippen LogP contribution in [-0.4, -0.2) is 22.7 Å². The highest BCUT2D eigenvalue weighted by molar-refractivity contribution is 5.81. The smallest absolute Gasteiger partial charge is 0.341 e. The van der Waals surface area contributed by atoms with Gasteiger partial charge in [0.1, 0.15) is 17.7 Å². The summed E-state index contributed by atoms with van der Waals surface area (Å²) >= 11 is 0. The third kappa shape index (κ3) is 3.78. The molecule has 138 valence electrons. The van der Waals surface area contributed by atoms with Crippen molar-refractivity contribution in [2.24, 2.45) is 0 Å². The van der Waals surface area contributed by atoms with Gasteiger partial charge < -0.3 is 14.3 Å². The lowest BCUT2D eigenvalue weighted by atomic mass is 9.99. The maximum absolute atomic E-state index is 10.7. The molecule has 1 N–H and O–H groups in total. The molecule has 0 radical (unpaired) electrons. The van der Waals surface area contributed by atoms with Crippen molar-refractivity contribution in [2.75, 3.05) is 6.61 Å². The molecular formula is C23H17NO4. The Labute approximate surface area is 161 Å². The van der Waals surface area contributed by atoms with Gasteiger partial charge in [-0.15, -0.1) is 0 Å². The normalized spacial score (nSPS) is 10.6. The Morgan fingerprint density at radius 1 is 0.893 bits per heavy atom. The van der Waals surface area contributed by atoms with E-state index in [1.54, 1.807) is 12.3 Å². The Hall–Kier alpha value is -3.86. The van der Waals surface area contributed by atoms with Crippen LogP contribution >= 0.6 is 0 Å². The number of oxazole rings is 1. The summed E-state index contributed by atoms with van der Waals surface area (Å²) in [7, 11) is 0. The molecule has 0 atom stereocenters. The van der Waals surface area contributed by atoms with Crippen LogP contribution < -0.4 is 4.74 Å². The number of carboxylic acids is 1. The van der Waals surface area contributed by atoms with Crippen LogP contribution in [0.1, 0.15) is 0 Å². The van der Waals surface area contributed by atoms with Crippen LogP contribution in [0.15, 0.2) is 89.5 Å². The Balaban J connectivity index is 1.70. The fourth-order valence-corrected chi connectivity index (χ4v) is 2.96. The summed E-state index contributed by atoms with van der Waals surface area (Å²) in [5.74, 6) is -0.00239. The maximum atomic E-state index is 10.7. The number of aliphatic carboxylic acids is 1. The van der Waals surface area contributed by atoms with Crippen LogP contribution in [0.2, 0.25) is 0 Å². The van der Waals surface area contributed by atoms with Crippen molar-refractivity contribution in [3.63, 3.8) is 0 Å². The minimum absolute atomic E-state index is 0.384. The summed E-state index contributed by atoms with van der Waals surface area (Å²) in [6, 6.07) is 24.9. The molecule has 0 spiro atoms. The number of nitrogens with zero attached hydrogens (tertiary/aromatic N) is 1. The molecular weight excluding hydrogens is 354 g/mol. The van der Waals surface area contributed by atoms with E-state index in [2.05, 4.69) is 4.98 Å². The molecule has 0 unspecified atom stereocenters. The molecule has 1 aromatic heterocycles. The average molecular weight is 371 g/mol. The van der Waals surface area contributed by atoms with E-state index in [4.69, 9.17) is 14.3 Å². The fraction of sp³-hybridized carbons (Fsp3) is 0.0435. The van der Waals surface area contributed by atoms with Crippen molar-refractivity contribution in [1.29, 1.82) is 0 Å². The molecule has 5 heteroatoms. The van der Waals surface area contributed by atoms with Crippen molar-refractivity contribution >= 4 is 5.97 Å². The molecule has 0 aliphatic heterocycles. The van der Waals surface area contributed by atoms with Crippen molar-refractivity contribution in [3.8, 4) is 39.6 Å². The van der Waals surface area contributed by atoms with Crippen molar-refractivity contribution in [2.45, 2.75) is 0 Å². The summed E-state index contributed by atoms with van der Waals surface area (Å²) in [5, 5.41) is 8.80. The Bertz CT molecular complexity index is 1100. The first kappa shape index (κ1) is 17.5. The summed E-state index contributed by atoms with van der Waals surface area (Å²) in [4.78, 5) is 15.4. The van der Waals surface area contributed by atoms with Gasteiger partial charge in [-0.05, 0) is 29.3 Å². The maximum Gasteiger partial charge on any atom is 0.341 e. The van der Waals surface area contributed by atoms with E-state index in [-0.39, 0.29) is 6.61 Å². The van der Waals surface area contributed by atoms with Gasteiger partial charge >= 0.3 is 5.97 Å². The lowest BCUT2D eigenvalue weighted by Gasteiger charge is -2.09. The highest BCUT2D eigenvalue weighted by atomic mass is 16.5. The van der Waals surface area contributed by atoms with Gasteiger partial charge in [-0.2, -0.15) is 0 Å². The van der Waals surface area contributed by atoms with Crippen LogP contribution in [0, 0.1) is 0 Å². The predicted molar refractivity (Wildman–Crippen MR) is 106 cm³/mol. The molecule has 0 aliphatic carbocycles. The Kier molecular flexibility index (Phi) is 4.89. The largest absolute Gasteiger partial charge is 0.482 e. The first-order valence-electron chi connectivity index (χ1n) is 8.76. The van der Waals surface area contributed by atoms with E-state index in [0.29, 0.717) is 11.6 Å². The van der Waals surface area contributed by atoms with Crippen LogP contribution in [0.5, 0.6) is 5.75 Å².